The van der Waals surface area contributed by atoms with Crippen LogP contribution in [0.1, 0.15) is 31.5 Å². The Morgan fingerprint density at radius 2 is 1.71 bits per heavy atom. The number of allylic oxidation sites excluding steroid dienone is 4. The monoisotopic (exact) mass is 399 g/mol. The summed E-state index contributed by atoms with van der Waals surface area (Å²) in [5, 5.41) is 0. The molecule has 0 radical (unpaired) electrons. The van der Waals surface area contributed by atoms with E-state index in [2.05, 4.69) is 73.4 Å². The van der Waals surface area contributed by atoms with E-state index in [1.54, 1.807) is 4.44 Å². The van der Waals surface area contributed by atoms with Gasteiger partial charge in [-0.2, -0.15) is 0 Å². The molecule has 0 unspecified atom stereocenters. The zero-order valence-electron chi connectivity index (χ0n) is 13.9. The molecule has 0 atom stereocenters. The van der Waals surface area contributed by atoms with Gasteiger partial charge in [0, 0.05) is 0 Å². The van der Waals surface area contributed by atoms with E-state index in [-0.39, 0.29) is 29.1 Å². The van der Waals surface area contributed by atoms with Gasteiger partial charge in [0.15, 0.2) is 0 Å². The van der Waals surface area contributed by atoms with Crippen LogP contribution in [0.25, 0.3) is 0 Å². The van der Waals surface area contributed by atoms with Crippen molar-refractivity contribution >= 4 is 24.8 Å². The second kappa shape index (κ2) is 9.45. The van der Waals surface area contributed by atoms with Crippen molar-refractivity contribution in [2.24, 2.45) is 0 Å². The molecule has 2 aromatic rings. The molecule has 0 bridgehead atoms. The molecule has 24 heavy (non-hydrogen) atoms. The summed E-state index contributed by atoms with van der Waals surface area (Å²) in [5.41, 5.74) is 4.05. The van der Waals surface area contributed by atoms with Gasteiger partial charge in [0.2, 0.25) is 0 Å². The minimum absolute atomic E-state index is 0. The van der Waals surface area contributed by atoms with Crippen LogP contribution < -0.4 is 0 Å². The number of hydrogen-bond acceptors (Lipinski definition) is 1. The first-order valence-electron chi connectivity index (χ1n) is 7.67. The number of aromatic nitrogens is 1. The molecular weight excluding hydrogens is 377 g/mol. The molecule has 3 rings (SSSR count). The van der Waals surface area contributed by atoms with Gasteiger partial charge < -0.3 is 0 Å². The molecule has 0 saturated heterocycles. The molecule has 0 N–H and O–H groups in total. The van der Waals surface area contributed by atoms with Crippen LogP contribution in [0.4, 0.5) is 0 Å². The van der Waals surface area contributed by atoms with Crippen LogP contribution >= 0.6 is 24.8 Å². The van der Waals surface area contributed by atoms with Crippen molar-refractivity contribution in [1.82, 2.24) is 4.98 Å². The molecular formula is C20H23Cl2CrN. The van der Waals surface area contributed by atoms with Crippen molar-refractivity contribution < 1.29 is 15.2 Å². The summed E-state index contributed by atoms with van der Waals surface area (Å²) in [7, 11) is 0. The molecule has 1 nitrogen and oxygen atoms in total. The van der Waals surface area contributed by atoms with Gasteiger partial charge in [0.25, 0.3) is 0 Å². The average molecular weight is 400 g/mol. The number of pyridine rings is 1. The molecule has 0 spiro atoms. The van der Waals surface area contributed by atoms with Crippen molar-refractivity contribution in [3.8, 4) is 0 Å². The minimum Gasteiger partial charge on any atom is -0.147 e. The van der Waals surface area contributed by atoms with Crippen molar-refractivity contribution in [3.05, 3.63) is 88.1 Å². The van der Waals surface area contributed by atoms with Crippen LogP contribution in [-0.4, -0.2) is 4.98 Å². The Labute approximate surface area is 163 Å². The molecule has 1 heterocycles. The van der Waals surface area contributed by atoms with Crippen molar-refractivity contribution in [2.45, 2.75) is 31.0 Å². The van der Waals surface area contributed by atoms with Crippen molar-refractivity contribution in [2.75, 3.05) is 0 Å². The van der Waals surface area contributed by atoms with E-state index in [0.29, 0.717) is 15.2 Å². The Morgan fingerprint density at radius 1 is 1.00 bits per heavy atom. The first-order chi connectivity index (χ1) is 10.6. The topological polar surface area (TPSA) is 12.9 Å². The average Bonchev–Trinajstić information content (AvgIpc) is 2.95. The Morgan fingerprint density at radius 3 is 2.38 bits per heavy atom. The van der Waals surface area contributed by atoms with Gasteiger partial charge in [0.1, 0.15) is 0 Å². The molecule has 1 aromatic carbocycles. The Bertz CT molecular complexity index is 694. The van der Waals surface area contributed by atoms with E-state index in [9.17, 15) is 0 Å². The zero-order chi connectivity index (χ0) is 15.4. The predicted molar refractivity (Wildman–Crippen MR) is 103 cm³/mol. The third kappa shape index (κ3) is 5.50. The summed E-state index contributed by atoms with van der Waals surface area (Å²) in [6.07, 6.45) is 8.86. The van der Waals surface area contributed by atoms with E-state index in [0.717, 1.165) is 12.8 Å². The Kier molecular flexibility index (Phi) is 8.27. The standard InChI is InChI=1S/C12H11.C8H10N.2ClH.Cr/c1-2-6-11(7-3-1)10-12-8-4-5-9-12;1-7(2)8-5-3-4-6-9-8;;;/h1-3,6-9H,4,10H2;3-6H,1-2H3;2*1H;. The second-order valence-corrected chi connectivity index (χ2v) is 8.81. The third-order valence-electron chi connectivity index (χ3n) is 3.83. The number of nitrogens with zero attached hydrogens (tertiary/aromatic N) is 1. The largest absolute Gasteiger partial charge is 0.147 e. The normalized spacial score (nSPS) is 13.4. The minimum atomic E-state index is 0. The SMILES string of the molecule is C[C](C)([Cr][C]1=CC(Cc2ccccc2)=CC1)c1ccccn1.Cl.Cl. The van der Waals surface area contributed by atoms with Crippen LogP contribution in [0.3, 0.4) is 0 Å². The maximum absolute atomic E-state index is 4.55. The number of halogens is 2. The zero-order valence-corrected chi connectivity index (χ0v) is 16.8. The fraction of sp³-hybridized carbons (Fsp3) is 0.250. The van der Waals surface area contributed by atoms with E-state index < -0.39 is 0 Å². The molecule has 0 fully saturated rings. The maximum atomic E-state index is 4.55. The van der Waals surface area contributed by atoms with Crippen molar-refractivity contribution in [1.29, 1.82) is 0 Å². The molecule has 128 valence electrons. The van der Waals surface area contributed by atoms with Crippen LogP contribution in [-0.2, 0) is 25.9 Å². The molecule has 4 heteroatoms. The van der Waals surface area contributed by atoms with E-state index >= 15 is 0 Å². The van der Waals surface area contributed by atoms with Crippen LogP contribution in [0.5, 0.6) is 0 Å². The molecule has 0 saturated carbocycles. The summed E-state index contributed by atoms with van der Waals surface area (Å²) in [5.74, 6) is 0. The molecule has 1 aliphatic carbocycles. The van der Waals surface area contributed by atoms with Gasteiger partial charge in [-0.15, -0.1) is 24.8 Å². The quantitative estimate of drug-likeness (QED) is 0.628. The van der Waals surface area contributed by atoms with Crippen LogP contribution in [0.15, 0.2) is 76.9 Å². The fourth-order valence-electron chi connectivity index (χ4n) is 2.68. The van der Waals surface area contributed by atoms with Crippen LogP contribution in [0.2, 0.25) is 0 Å². The summed E-state index contributed by atoms with van der Waals surface area (Å²) < 4.78 is 1.73. The van der Waals surface area contributed by atoms with Gasteiger partial charge in [-0.25, -0.2) is 0 Å². The Hall–Kier alpha value is -1.04. The summed E-state index contributed by atoms with van der Waals surface area (Å²) in [6.45, 7) is 4.62. The first kappa shape index (κ1) is 21.0. The van der Waals surface area contributed by atoms with Gasteiger partial charge in [-0.05, 0) is 0 Å². The fourth-order valence-corrected chi connectivity index (χ4v) is 4.65. The number of rotatable bonds is 5. The summed E-state index contributed by atoms with van der Waals surface area (Å²) >= 11 is 0.427. The van der Waals surface area contributed by atoms with Crippen molar-refractivity contribution in [3.63, 3.8) is 0 Å². The van der Waals surface area contributed by atoms with E-state index in [4.69, 9.17) is 0 Å². The predicted octanol–water partition coefficient (Wildman–Crippen LogP) is 5.70. The third-order valence-corrected chi connectivity index (χ3v) is 5.81. The Balaban J connectivity index is 0.00000144. The number of benzene rings is 1. The molecule has 1 aliphatic rings. The summed E-state index contributed by atoms with van der Waals surface area (Å²) in [4.78, 5) is 4.55. The number of hydrogen-bond donors (Lipinski definition) is 0. The molecule has 0 amide bonds. The van der Waals surface area contributed by atoms with Crippen LogP contribution in [0, 0.1) is 0 Å². The van der Waals surface area contributed by atoms with E-state index in [1.165, 1.54) is 16.8 Å². The van der Waals surface area contributed by atoms with Gasteiger partial charge in [-0.1, -0.05) is 0 Å². The van der Waals surface area contributed by atoms with Gasteiger partial charge >= 0.3 is 139 Å². The first-order valence-corrected chi connectivity index (χ1v) is 8.95. The molecule has 1 aromatic heterocycles. The van der Waals surface area contributed by atoms with E-state index in [1.807, 2.05) is 12.3 Å². The second-order valence-electron chi connectivity index (χ2n) is 6.08. The molecule has 0 aliphatic heterocycles. The van der Waals surface area contributed by atoms with Gasteiger partial charge in [0.05, 0.1) is 0 Å². The maximum Gasteiger partial charge on any atom is -0.147 e. The van der Waals surface area contributed by atoms with Gasteiger partial charge in [-0.3, -0.25) is 0 Å². The summed E-state index contributed by atoms with van der Waals surface area (Å²) in [6, 6.07) is 16.9. The smallest absolute Gasteiger partial charge is 0.147 e.